The SMILES string of the molecule is CNC(=O)[C@@H]1C[C@H](Oc2ccccc2)CN1S(=O)(=O)c1ccc2c(c1)CCC2. The van der Waals surface area contributed by atoms with Gasteiger partial charge in [-0.1, -0.05) is 24.3 Å². The number of para-hydroxylation sites is 1. The van der Waals surface area contributed by atoms with E-state index in [1.807, 2.05) is 36.4 Å². The van der Waals surface area contributed by atoms with E-state index in [2.05, 4.69) is 5.32 Å². The minimum Gasteiger partial charge on any atom is -0.489 e. The summed E-state index contributed by atoms with van der Waals surface area (Å²) >= 11 is 0. The molecule has 1 amide bonds. The van der Waals surface area contributed by atoms with Gasteiger partial charge in [-0.25, -0.2) is 8.42 Å². The minimum absolute atomic E-state index is 0.145. The van der Waals surface area contributed by atoms with Gasteiger partial charge in [-0.2, -0.15) is 4.31 Å². The van der Waals surface area contributed by atoms with E-state index in [1.54, 1.807) is 12.1 Å². The number of nitrogens with zero attached hydrogens (tertiary/aromatic N) is 1. The average molecular weight is 401 g/mol. The number of carbonyl (C=O) groups excluding carboxylic acids is 1. The molecule has 2 aliphatic rings. The van der Waals surface area contributed by atoms with Crippen molar-refractivity contribution in [3.8, 4) is 5.75 Å². The summed E-state index contributed by atoms with van der Waals surface area (Å²) in [6.07, 6.45) is 2.88. The van der Waals surface area contributed by atoms with Crippen LogP contribution in [0, 0.1) is 0 Å². The van der Waals surface area contributed by atoms with Crippen LogP contribution >= 0.6 is 0 Å². The number of rotatable bonds is 5. The van der Waals surface area contributed by atoms with Crippen LogP contribution in [0.3, 0.4) is 0 Å². The molecule has 0 aromatic heterocycles. The summed E-state index contributed by atoms with van der Waals surface area (Å²) in [6.45, 7) is 0.145. The third kappa shape index (κ3) is 3.52. The van der Waals surface area contributed by atoms with E-state index in [0.717, 1.165) is 24.8 Å². The van der Waals surface area contributed by atoms with Gasteiger partial charge in [-0.05, 0) is 54.7 Å². The van der Waals surface area contributed by atoms with Crippen LogP contribution in [0.1, 0.15) is 24.0 Å². The summed E-state index contributed by atoms with van der Waals surface area (Å²) in [5, 5.41) is 2.59. The first-order valence-electron chi connectivity index (χ1n) is 9.56. The van der Waals surface area contributed by atoms with Gasteiger partial charge in [-0.15, -0.1) is 0 Å². The highest BCUT2D eigenvalue weighted by Crippen LogP contribution is 2.31. The Morgan fingerprint density at radius 2 is 1.86 bits per heavy atom. The number of aryl methyl sites for hydroxylation is 2. The molecule has 6 nitrogen and oxygen atoms in total. The molecule has 4 rings (SSSR count). The molecule has 0 radical (unpaired) electrons. The molecule has 1 heterocycles. The van der Waals surface area contributed by atoms with Crippen LogP contribution in [-0.4, -0.2) is 44.4 Å². The molecular formula is C21H24N2O4S. The van der Waals surface area contributed by atoms with Gasteiger partial charge in [0.1, 0.15) is 17.9 Å². The van der Waals surface area contributed by atoms with Crippen molar-refractivity contribution < 1.29 is 17.9 Å². The van der Waals surface area contributed by atoms with Gasteiger partial charge >= 0.3 is 0 Å². The van der Waals surface area contributed by atoms with Crippen molar-refractivity contribution in [2.24, 2.45) is 0 Å². The zero-order valence-corrected chi connectivity index (χ0v) is 16.6. The molecule has 1 N–H and O–H groups in total. The van der Waals surface area contributed by atoms with Gasteiger partial charge in [0, 0.05) is 13.5 Å². The first kappa shape index (κ1) is 19.0. The van der Waals surface area contributed by atoms with E-state index < -0.39 is 16.1 Å². The summed E-state index contributed by atoms with van der Waals surface area (Å²) in [4.78, 5) is 12.7. The van der Waals surface area contributed by atoms with E-state index >= 15 is 0 Å². The fourth-order valence-electron chi connectivity index (χ4n) is 4.06. The zero-order valence-electron chi connectivity index (χ0n) is 15.8. The molecule has 2 atom stereocenters. The van der Waals surface area contributed by atoms with Gasteiger partial charge in [0.2, 0.25) is 15.9 Å². The Kier molecular flexibility index (Phi) is 5.12. The molecule has 28 heavy (non-hydrogen) atoms. The van der Waals surface area contributed by atoms with Crippen LogP contribution in [0.4, 0.5) is 0 Å². The van der Waals surface area contributed by atoms with E-state index in [-0.39, 0.29) is 23.5 Å². The predicted molar refractivity (Wildman–Crippen MR) is 106 cm³/mol. The predicted octanol–water partition coefficient (Wildman–Crippen LogP) is 2.13. The quantitative estimate of drug-likeness (QED) is 0.834. The van der Waals surface area contributed by atoms with E-state index in [4.69, 9.17) is 4.74 Å². The van der Waals surface area contributed by atoms with Crippen molar-refractivity contribution >= 4 is 15.9 Å². The maximum absolute atomic E-state index is 13.4. The van der Waals surface area contributed by atoms with Gasteiger partial charge in [0.25, 0.3) is 0 Å². The summed E-state index contributed by atoms with van der Waals surface area (Å²) in [6, 6.07) is 13.8. The zero-order chi connectivity index (χ0) is 19.7. The second-order valence-electron chi connectivity index (χ2n) is 7.28. The molecule has 0 spiro atoms. The minimum atomic E-state index is -3.80. The number of hydrogen-bond donors (Lipinski definition) is 1. The molecule has 0 bridgehead atoms. The van der Waals surface area contributed by atoms with Crippen LogP contribution in [0.25, 0.3) is 0 Å². The molecule has 2 aromatic rings. The maximum Gasteiger partial charge on any atom is 0.243 e. The number of carbonyl (C=O) groups is 1. The molecular weight excluding hydrogens is 376 g/mol. The Bertz CT molecular complexity index is 975. The standard InChI is InChI=1S/C21H24N2O4S/c1-22-21(24)20-13-18(27-17-8-3-2-4-9-17)14-23(20)28(25,26)19-11-10-15-6-5-7-16(15)12-19/h2-4,8-12,18,20H,5-7,13-14H2,1H3,(H,22,24)/t18-,20-/m0/s1. The normalized spacial score (nSPS) is 22.0. The Balaban J connectivity index is 1.62. The lowest BCUT2D eigenvalue weighted by atomic mass is 10.1. The van der Waals surface area contributed by atoms with Crippen molar-refractivity contribution in [3.05, 3.63) is 59.7 Å². The monoisotopic (exact) mass is 400 g/mol. The fraction of sp³-hybridized carbons (Fsp3) is 0.381. The van der Waals surface area contributed by atoms with Crippen LogP contribution in [0.15, 0.2) is 53.4 Å². The second kappa shape index (κ2) is 7.56. The maximum atomic E-state index is 13.4. The molecule has 1 aliphatic heterocycles. The van der Waals surface area contributed by atoms with Crippen molar-refractivity contribution in [2.75, 3.05) is 13.6 Å². The van der Waals surface area contributed by atoms with E-state index in [9.17, 15) is 13.2 Å². The number of sulfonamides is 1. The number of benzene rings is 2. The third-order valence-corrected chi connectivity index (χ3v) is 7.36. The first-order valence-corrected chi connectivity index (χ1v) is 11.0. The summed E-state index contributed by atoms with van der Waals surface area (Å²) in [7, 11) is -2.28. The summed E-state index contributed by atoms with van der Waals surface area (Å²) in [5.41, 5.74) is 2.31. The number of ether oxygens (including phenoxy) is 1. The highest BCUT2D eigenvalue weighted by Gasteiger charge is 2.44. The van der Waals surface area contributed by atoms with Crippen LogP contribution in [-0.2, 0) is 27.7 Å². The number of likely N-dealkylation sites (N-methyl/N-ethyl adjacent to an activating group) is 1. The number of nitrogens with one attached hydrogen (secondary N) is 1. The van der Waals surface area contributed by atoms with Crippen molar-refractivity contribution in [3.63, 3.8) is 0 Å². The van der Waals surface area contributed by atoms with Crippen molar-refractivity contribution in [1.29, 1.82) is 0 Å². The van der Waals surface area contributed by atoms with Crippen LogP contribution < -0.4 is 10.1 Å². The Morgan fingerprint density at radius 3 is 2.61 bits per heavy atom. The van der Waals surface area contributed by atoms with Crippen molar-refractivity contribution in [2.45, 2.75) is 42.7 Å². The highest BCUT2D eigenvalue weighted by atomic mass is 32.2. The van der Waals surface area contributed by atoms with Crippen LogP contribution in [0.5, 0.6) is 5.75 Å². The Morgan fingerprint density at radius 1 is 1.11 bits per heavy atom. The molecule has 148 valence electrons. The smallest absolute Gasteiger partial charge is 0.243 e. The van der Waals surface area contributed by atoms with Gasteiger partial charge < -0.3 is 10.1 Å². The lowest BCUT2D eigenvalue weighted by Gasteiger charge is -2.22. The topological polar surface area (TPSA) is 75.7 Å². The molecule has 1 fully saturated rings. The van der Waals surface area contributed by atoms with Gasteiger partial charge in [0.05, 0.1) is 11.4 Å². The summed E-state index contributed by atoms with van der Waals surface area (Å²) in [5.74, 6) is 0.351. The number of hydrogen-bond acceptors (Lipinski definition) is 4. The Hall–Kier alpha value is -2.38. The highest BCUT2D eigenvalue weighted by molar-refractivity contribution is 7.89. The molecule has 0 unspecified atom stereocenters. The van der Waals surface area contributed by atoms with Crippen molar-refractivity contribution in [1.82, 2.24) is 9.62 Å². The van der Waals surface area contributed by atoms with E-state index in [0.29, 0.717) is 12.2 Å². The molecule has 2 aromatic carbocycles. The van der Waals surface area contributed by atoms with Gasteiger partial charge in [-0.3, -0.25) is 4.79 Å². The molecule has 7 heteroatoms. The number of fused-ring (bicyclic) bond motifs is 1. The lowest BCUT2D eigenvalue weighted by Crippen LogP contribution is -2.44. The molecule has 1 aliphatic carbocycles. The molecule has 1 saturated heterocycles. The number of amides is 1. The average Bonchev–Trinajstić information content (AvgIpc) is 3.34. The fourth-order valence-corrected chi connectivity index (χ4v) is 5.74. The van der Waals surface area contributed by atoms with E-state index in [1.165, 1.54) is 16.9 Å². The Labute approximate surface area is 165 Å². The van der Waals surface area contributed by atoms with Gasteiger partial charge in [0.15, 0.2) is 0 Å². The summed E-state index contributed by atoms with van der Waals surface area (Å²) < 4.78 is 33.9. The largest absolute Gasteiger partial charge is 0.489 e. The lowest BCUT2D eigenvalue weighted by molar-refractivity contribution is -0.123. The second-order valence-corrected chi connectivity index (χ2v) is 9.17. The molecule has 0 saturated carbocycles. The van der Waals surface area contributed by atoms with Crippen LogP contribution in [0.2, 0.25) is 0 Å². The third-order valence-electron chi connectivity index (χ3n) is 5.49. The first-order chi connectivity index (χ1) is 13.5.